The Kier molecular flexibility index (Phi) is 13.5. The zero-order valence-electron chi connectivity index (χ0n) is 11.3. The predicted octanol–water partition coefficient (Wildman–Crippen LogP) is 2.94. The first-order valence-electron chi connectivity index (χ1n) is 6.04. The third-order valence-corrected chi connectivity index (χ3v) is 1.77. The Morgan fingerprint density at radius 1 is 1.24 bits per heavy atom. The van der Waals surface area contributed by atoms with Crippen LogP contribution in [0.5, 0.6) is 0 Å². The van der Waals surface area contributed by atoms with Crippen LogP contribution in [-0.4, -0.2) is 17.6 Å². The second-order valence-corrected chi connectivity index (χ2v) is 3.52. The van der Waals surface area contributed by atoms with E-state index < -0.39 is 5.97 Å². The quantitative estimate of drug-likeness (QED) is 0.852. The number of hydrogen-bond acceptors (Lipinski definition) is 2. The summed E-state index contributed by atoms with van der Waals surface area (Å²) in [5.74, 6) is -0.972. The number of aliphatic carboxylic acids is 1. The number of carboxylic acid groups (broad SMARTS) is 1. The molecule has 3 nitrogen and oxygen atoms in total. The van der Waals surface area contributed by atoms with Gasteiger partial charge in [0, 0.05) is 0 Å². The van der Waals surface area contributed by atoms with Crippen molar-refractivity contribution in [2.24, 2.45) is 11.7 Å². The monoisotopic (exact) mass is 239 g/mol. The van der Waals surface area contributed by atoms with Crippen molar-refractivity contribution < 1.29 is 9.90 Å². The summed E-state index contributed by atoms with van der Waals surface area (Å²) in [7, 11) is 0. The molecule has 0 fully saturated rings. The molecular formula is C14H25NO2. The molecule has 0 bridgehead atoms. The van der Waals surface area contributed by atoms with Gasteiger partial charge >= 0.3 is 5.97 Å². The van der Waals surface area contributed by atoms with E-state index in [0.29, 0.717) is 0 Å². The molecule has 0 aliphatic heterocycles. The van der Waals surface area contributed by atoms with Gasteiger partial charge in [-0.2, -0.15) is 0 Å². The van der Waals surface area contributed by atoms with Crippen LogP contribution in [-0.2, 0) is 11.2 Å². The third-order valence-electron chi connectivity index (χ3n) is 1.77. The lowest BCUT2D eigenvalue weighted by Crippen LogP contribution is -2.03. The summed E-state index contributed by atoms with van der Waals surface area (Å²) >= 11 is 0. The topological polar surface area (TPSA) is 63.3 Å². The molecule has 1 aromatic rings. The largest absolute Gasteiger partial charge is 0.481 e. The van der Waals surface area contributed by atoms with Crippen molar-refractivity contribution in [1.29, 1.82) is 0 Å². The molecular weight excluding hydrogens is 214 g/mol. The highest BCUT2D eigenvalue weighted by Crippen LogP contribution is 1.96. The molecule has 1 rings (SSSR count). The highest BCUT2D eigenvalue weighted by atomic mass is 16.4. The molecule has 0 saturated carbocycles. The van der Waals surface area contributed by atoms with Gasteiger partial charge in [-0.1, -0.05) is 58.0 Å². The number of benzene rings is 1. The van der Waals surface area contributed by atoms with Crippen LogP contribution in [0.1, 0.15) is 33.3 Å². The van der Waals surface area contributed by atoms with Crippen molar-refractivity contribution in [2.75, 3.05) is 6.54 Å². The summed E-state index contributed by atoms with van der Waals surface area (Å²) in [4.78, 5) is 9.70. The maximum Gasteiger partial charge on any atom is 0.305 e. The molecule has 0 atom stereocenters. The van der Waals surface area contributed by atoms with E-state index in [2.05, 4.69) is 12.1 Å². The van der Waals surface area contributed by atoms with E-state index in [4.69, 9.17) is 10.8 Å². The Bertz CT molecular complexity index is 271. The van der Waals surface area contributed by atoms with Gasteiger partial charge in [0.25, 0.3) is 0 Å². The number of hydrogen-bond donors (Lipinski definition) is 2. The molecule has 0 spiro atoms. The lowest BCUT2D eigenvalue weighted by atomic mass is 10.2. The number of rotatable bonds is 3. The Balaban J connectivity index is 0. The molecule has 17 heavy (non-hydrogen) atoms. The van der Waals surface area contributed by atoms with Crippen molar-refractivity contribution in [3.05, 3.63) is 35.9 Å². The second kappa shape index (κ2) is 12.7. The van der Waals surface area contributed by atoms with Gasteiger partial charge in [-0.3, -0.25) is 4.79 Å². The number of nitrogens with two attached hydrogens (primary N) is 1. The van der Waals surface area contributed by atoms with Crippen LogP contribution in [0.4, 0.5) is 0 Å². The minimum atomic E-state index is -0.741. The van der Waals surface area contributed by atoms with Gasteiger partial charge in [-0.15, -0.1) is 0 Å². The van der Waals surface area contributed by atoms with Crippen molar-refractivity contribution >= 4 is 5.97 Å². The first kappa shape index (κ1) is 18.0. The summed E-state index contributed by atoms with van der Waals surface area (Å²) in [6.45, 7) is 8.02. The summed E-state index contributed by atoms with van der Waals surface area (Å²) in [5.41, 5.74) is 6.68. The Labute approximate surface area is 105 Å². The van der Waals surface area contributed by atoms with E-state index >= 15 is 0 Å². The summed E-state index contributed by atoms with van der Waals surface area (Å²) < 4.78 is 0. The average molecular weight is 239 g/mol. The summed E-state index contributed by atoms with van der Waals surface area (Å²) in [5, 5.41) is 7.99. The van der Waals surface area contributed by atoms with E-state index in [1.807, 2.05) is 32.0 Å². The van der Waals surface area contributed by atoms with Gasteiger partial charge in [-0.05, 0) is 18.5 Å². The molecule has 3 heteroatoms. The molecule has 0 aromatic heterocycles. The van der Waals surface area contributed by atoms with Crippen molar-refractivity contribution in [3.63, 3.8) is 0 Å². The van der Waals surface area contributed by atoms with Gasteiger partial charge in [0.2, 0.25) is 0 Å². The normalized spacial score (nSPS) is 8.59. The zero-order chi connectivity index (χ0) is 13.7. The molecule has 0 saturated heterocycles. The van der Waals surface area contributed by atoms with Gasteiger partial charge in [0.15, 0.2) is 0 Å². The molecule has 1 aromatic carbocycles. The fraction of sp³-hybridized carbons (Fsp3) is 0.500. The van der Waals surface area contributed by atoms with Crippen LogP contribution in [0, 0.1) is 5.92 Å². The fourth-order valence-electron chi connectivity index (χ4n) is 0.811. The van der Waals surface area contributed by atoms with Gasteiger partial charge in [-0.25, -0.2) is 0 Å². The lowest BCUT2D eigenvalue weighted by molar-refractivity contribution is -0.140. The second-order valence-electron chi connectivity index (χ2n) is 3.52. The third kappa shape index (κ3) is 12.6. The van der Waals surface area contributed by atoms with Gasteiger partial charge < -0.3 is 10.8 Å². The van der Waals surface area contributed by atoms with E-state index in [9.17, 15) is 4.79 Å². The standard InChI is InChI=1S/C8H11N.C4H8O2.C2H6/c9-7-6-8-4-2-1-3-5-8;1-3(2)4(5)6;1-2/h1-5H,6-7,9H2;3H,1-2H3,(H,5,6);1-2H3. The van der Waals surface area contributed by atoms with Crippen LogP contribution in [0.15, 0.2) is 30.3 Å². The van der Waals surface area contributed by atoms with Gasteiger partial charge in [0.1, 0.15) is 0 Å². The van der Waals surface area contributed by atoms with Crippen molar-refractivity contribution in [3.8, 4) is 0 Å². The smallest absolute Gasteiger partial charge is 0.305 e. The SMILES string of the molecule is CC.CC(C)C(=O)O.NCCc1ccccc1. The number of carboxylic acids is 1. The lowest BCUT2D eigenvalue weighted by Gasteiger charge is -1.93. The maximum atomic E-state index is 9.70. The molecule has 0 radical (unpaired) electrons. The molecule has 0 heterocycles. The molecule has 0 unspecified atom stereocenters. The van der Waals surface area contributed by atoms with Crippen LogP contribution < -0.4 is 5.73 Å². The fourth-order valence-corrected chi connectivity index (χ4v) is 0.811. The van der Waals surface area contributed by atoms with Gasteiger partial charge in [0.05, 0.1) is 5.92 Å². The van der Waals surface area contributed by atoms with Crippen LogP contribution in [0.3, 0.4) is 0 Å². The Morgan fingerprint density at radius 3 is 1.94 bits per heavy atom. The van der Waals surface area contributed by atoms with Crippen molar-refractivity contribution in [2.45, 2.75) is 34.1 Å². The van der Waals surface area contributed by atoms with E-state index in [-0.39, 0.29) is 5.92 Å². The highest BCUT2D eigenvalue weighted by molar-refractivity contribution is 5.68. The molecule has 98 valence electrons. The maximum absolute atomic E-state index is 9.70. The zero-order valence-corrected chi connectivity index (χ0v) is 11.3. The van der Waals surface area contributed by atoms with Crippen LogP contribution in [0.25, 0.3) is 0 Å². The van der Waals surface area contributed by atoms with E-state index in [1.165, 1.54) is 5.56 Å². The first-order chi connectivity index (χ1) is 8.07. The highest BCUT2D eigenvalue weighted by Gasteiger charge is 1.99. The summed E-state index contributed by atoms with van der Waals surface area (Å²) in [6, 6.07) is 10.3. The number of carbonyl (C=O) groups is 1. The minimum absolute atomic E-state index is 0.231. The summed E-state index contributed by atoms with van der Waals surface area (Å²) in [6.07, 6.45) is 0.987. The van der Waals surface area contributed by atoms with E-state index in [0.717, 1.165) is 13.0 Å². The van der Waals surface area contributed by atoms with Crippen LogP contribution >= 0.6 is 0 Å². The first-order valence-corrected chi connectivity index (χ1v) is 6.04. The molecule has 0 amide bonds. The molecule has 0 aliphatic rings. The average Bonchev–Trinajstić information content (AvgIpc) is 2.34. The Morgan fingerprint density at radius 2 is 1.65 bits per heavy atom. The van der Waals surface area contributed by atoms with Crippen molar-refractivity contribution in [1.82, 2.24) is 0 Å². The molecule has 0 aliphatic carbocycles. The molecule has 3 N–H and O–H groups in total. The minimum Gasteiger partial charge on any atom is -0.481 e. The predicted molar refractivity (Wildman–Crippen MR) is 73.0 cm³/mol. The Hall–Kier alpha value is -1.35. The van der Waals surface area contributed by atoms with Crippen LogP contribution in [0.2, 0.25) is 0 Å². The van der Waals surface area contributed by atoms with E-state index in [1.54, 1.807) is 13.8 Å².